The summed E-state index contributed by atoms with van der Waals surface area (Å²) in [6, 6.07) is 6.75. The highest BCUT2D eigenvalue weighted by Gasteiger charge is 2.43. The Kier molecular flexibility index (Phi) is 15.2. The van der Waals surface area contributed by atoms with Gasteiger partial charge in [0.15, 0.2) is 17.8 Å². The molecule has 256 valence electrons. The van der Waals surface area contributed by atoms with Gasteiger partial charge in [-0.15, -0.1) is 10.2 Å². The first-order valence-electron chi connectivity index (χ1n) is 14.6. The lowest BCUT2D eigenvalue weighted by Crippen LogP contribution is -2.36. The molecule has 1 saturated heterocycles. The second kappa shape index (κ2) is 18.6. The number of tetrazole rings is 1. The average molecular weight is 693 g/mol. The second-order valence-electron chi connectivity index (χ2n) is 10.5. The van der Waals surface area contributed by atoms with E-state index in [9.17, 15) is 9.90 Å². The van der Waals surface area contributed by atoms with Crippen LogP contribution in [0.3, 0.4) is 0 Å². The van der Waals surface area contributed by atoms with Crippen LogP contribution in [0, 0.1) is 0 Å². The van der Waals surface area contributed by atoms with Crippen molar-refractivity contribution in [2.75, 3.05) is 13.1 Å². The Balaban J connectivity index is 1.59. The van der Waals surface area contributed by atoms with Gasteiger partial charge in [-0.05, 0) is 38.3 Å². The molecule has 1 fully saturated rings. The van der Waals surface area contributed by atoms with Gasteiger partial charge in [0.05, 0.1) is 6.04 Å². The molecule has 0 aliphatic carbocycles. The number of ether oxygens (including phenoxy) is 1. The number of carbonyl (C=O) groups excluding carboxylic acids is 1. The number of aromatic nitrogens is 4. The number of rotatable bonds is 22. The van der Waals surface area contributed by atoms with Crippen LogP contribution in [-0.2, 0) is 30.9 Å². The number of benzene rings is 1. The van der Waals surface area contributed by atoms with Crippen molar-refractivity contribution in [3.8, 4) is 0 Å². The Morgan fingerprint density at radius 1 is 1.13 bits per heavy atom. The molecule has 19 heteroatoms. The third-order valence-electron chi connectivity index (χ3n) is 7.05. The van der Waals surface area contributed by atoms with E-state index in [0.29, 0.717) is 31.6 Å². The molecule has 7 N–H and O–H groups in total. The van der Waals surface area contributed by atoms with Gasteiger partial charge in [-0.3, -0.25) is 13.8 Å². The number of halogens is 2. The topological polar surface area (TPSA) is 216 Å². The quantitative estimate of drug-likeness (QED) is 0.0311. The molecule has 1 aromatic carbocycles. The average Bonchev–Trinajstić information content (AvgIpc) is 3.64. The van der Waals surface area contributed by atoms with Crippen LogP contribution in [0.1, 0.15) is 62.8 Å². The molecule has 0 bridgehead atoms. The molecule has 2 atom stereocenters. The molecule has 15 nitrogen and oxygen atoms in total. The summed E-state index contributed by atoms with van der Waals surface area (Å²) < 4.78 is 45.9. The van der Waals surface area contributed by atoms with E-state index in [-0.39, 0.29) is 36.4 Å². The van der Waals surface area contributed by atoms with E-state index < -0.39 is 41.6 Å². The number of aromatic amines is 1. The van der Waals surface area contributed by atoms with Gasteiger partial charge in [0.25, 0.3) is 5.97 Å². The summed E-state index contributed by atoms with van der Waals surface area (Å²) in [6.07, 6.45) is 5.43. The molecule has 3 rings (SSSR count). The Morgan fingerprint density at radius 3 is 2.48 bits per heavy atom. The number of hydrogen-bond acceptors (Lipinski definition) is 13. The minimum atomic E-state index is -3.49. The van der Waals surface area contributed by atoms with Gasteiger partial charge in [0, 0.05) is 37.9 Å². The first-order valence-corrected chi connectivity index (χ1v) is 16.9. The van der Waals surface area contributed by atoms with Crippen molar-refractivity contribution in [1.82, 2.24) is 30.8 Å². The summed E-state index contributed by atoms with van der Waals surface area (Å²) in [5.41, 5.74) is -0.286. The zero-order valence-corrected chi connectivity index (χ0v) is 26.8. The predicted octanol–water partition coefficient (Wildman–Crippen LogP) is 2.97. The van der Waals surface area contributed by atoms with Gasteiger partial charge in [-0.2, -0.15) is 14.0 Å². The Hall–Kier alpha value is -2.72. The van der Waals surface area contributed by atoms with Gasteiger partial charge < -0.3 is 39.6 Å². The lowest BCUT2D eigenvalue weighted by atomic mass is 10.0. The van der Waals surface area contributed by atoms with E-state index in [2.05, 4.69) is 41.6 Å². The number of likely N-dealkylation sites (tertiary alicyclic amines) is 1. The zero-order chi connectivity index (χ0) is 33.6. The third kappa shape index (κ3) is 12.5. The molecule has 2 aromatic rings. The molecular weight excluding hydrogens is 652 g/mol. The lowest BCUT2D eigenvalue weighted by Gasteiger charge is -2.29. The van der Waals surface area contributed by atoms with Gasteiger partial charge in [0.1, 0.15) is 0 Å². The number of amides is 1. The third-order valence-corrected chi connectivity index (χ3v) is 7.94. The minimum Gasteiger partial charge on any atom is -0.466 e. The highest BCUT2D eigenvalue weighted by atomic mass is 31.2. The zero-order valence-electron chi connectivity index (χ0n) is 25.0. The van der Waals surface area contributed by atoms with Crippen molar-refractivity contribution in [3.63, 3.8) is 0 Å². The first-order chi connectivity index (χ1) is 21.9. The number of alkyl halides is 2. The van der Waals surface area contributed by atoms with Crippen LogP contribution >= 0.6 is 17.2 Å². The molecule has 1 amide bonds. The SMILES string of the molecule is C=C(NCCCC(O)(OP(O)O)OP(O)O)O[C@H](/C=C/[C@H]1CCC(=O)N1CCCCCCc1nn[nH]n1)C(F)(F)c1ccccc1. The maximum absolute atomic E-state index is 15.7. The van der Waals surface area contributed by atoms with Crippen molar-refractivity contribution in [2.24, 2.45) is 0 Å². The van der Waals surface area contributed by atoms with Crippen molar-refractivity contribution in [2.45, 2.75) is 81.8 Å². The maximum atomic E-state index is 15.7. The molecular formula is C27H40F2N6O9P2. The number of aliphatic hydroxyl groups is 1. The van der Waals surface area contributed by atoms with Crippen molar-refractivity contribution in [1.29, 1.82) is 0 Å². The van der Waals surface area contributed by atoms with Crippen molar-refractivity contribution in [3.05, 3.63) is 66.3 Å². The summed E-state index contributed by atoms with van der Waals surface area (Å²) in [4.78, 5) is 50.4. The normalized spacial score (nSPS) is 16.6. The molecule has 0 spiro atoms. The highest BCUT2D eigenvalue weighted by molar-refractivity contribution is 7.40. The van der Waals surface area contributed by atoms with Gasteiger partial charge in [-0.1, -0.05) is 54.5 Å². The summed E-state index contributed by atoms with van der Waals surface area (Å²) in [5.74, 6) is -5.82. The van der Waals surface area contributed by atoms with Gasteiger partial charge in [0.2, 0.25) is 5.91 Å². The van der Waals surface area contributed by atoms with Crippen molar-refractivity contribution < 1.29 is 52.0 Å². The maximum Gasteiger partial charge on any atom is 0.331 e. The fourth-order valence-electron chi connectivity index (χ4n) is 4.84. The van der Waals surface area contributed by atoms with Gasteiger partial charge >= 0.3 is 23.1 Å². The van der Waals surface area contributed by atoms with E-state index in [1.165, 1.54) is 30.3 Å². The molecule has 46 heavy (non-hydrogen) atoms. The number of aryl methyl sites for hydroxylation is 1. The Morgan fingerprint density at radius 2 is 1.83 bits per heavy atom. The van der Waals surface area contributed by atoms with Crippen molar-refractivity contribution >= 4 is 23.1 Å². The summed E-state index contributed by atoms with van der Waals surface area (Å²) >= 11 is 0. The molecule has 1 aromatic heterocycles. The number of H-pyrrole nitrogens is 1. The molecule has 2 heterocycles. The minimum absolute atomic E-state index is 0.0307. The number of carbonyl (C=O) groups is 1. The van der Waals surface area contributed by atoms with Crippen LogP contribution in [0.5, 0.6) is 0 Å². The molecule has 0 radical (unpaired) electrons. The molecule has 0 unspecified atom stereocenters. The molecule has 1 aliphatic rings. The fourth-order valence-corrected chi connectivity index (χ4v) is 5.67. The highest BCUT2D eigenvalue weighted by Crippen LogP contribution is 2.41. The van der Waals surface area contributed by atoms with E-state index in [4.69, 9.17) is 24.3 Å². The van der Waals surface area contributed by atoms with Crippen LogP contribution < -0.4 is 5.32 Å². The standard InChI is InChI=1S/C27H40F2N6O9P2/c1-20(30-18-9-17-26(37,43-45(38)39)44-46(40)41)42-23(27(28,29)21-10-5-4-6-11-21)15-13-22-14-16-25(36)35(22)19-8-3-2-7-12-24-31-33-34-32-24/h4-6,10-11,13,15,22-23,30,37-41H,1-3,7-9,12,14,16-19H2,(H,31,32,33,34)/b15-13+/t22-,23+/m0/s1. The monoisotopic (exact) mass is 692 g/mol. The number of nitrogens with zero attached hydrogens (tertiary/aromatic N) is 4. The predicted molar refractivity (Wildman–Crippen MR) is 162 cm³/mol. The molecule has 1 aliphatic heterocycles. The van der Waals surface area contributed by atoms with Crippen LogP contribution in [0.15, 0.2) is 54.9 Å². The van der Waals surface area contributed by atoms with Crippen LogP contribution in [-0.4, -0.2) is 87.3 Å². The smallest absolute Gasteiger partial charge is 0.331 e. The largest absolute Gasteiger partial charge is 0.466 e. The van der Waals surface area contributed by atoms with E-state index in [1.807, 2.05) is 0 Å². The van der Waals surface area contributed by atoms with Crippen LogP contribution in [0.4, 0.5) is 8.78 Å². The van der Waals surface area contributed by atoms with Crippen LogP contribution in [0.2, 0.25) is 0 Å². The summed E-state index contributed by atoms with van der Waals surface area (Å²) in [6.45, 7) is 4.12. The van der Waals surface area contributed by atoms with E-state index >= 15 is 8.78 Å². The Labute approximate surface area is 267 Å². The van der Waals surface area contributed by atoms with E-state index in [0.717, 1.165) is 25.7 Å². The van der Waals surface area contributed by atoms with Crippen LogP contribution in [0.25, 0.3) is 0 Å². The molecule has 0 saturated carbocycles. The Bertz CT molecular complexity index is 1220. The number of unbranched alkanes of at least 4 members (excludes halogenated alkanes) is 3. The van der Waals surface area contributed by atoms with Gasteiger partial charge in [-0.25, -0.2) is 0 Å². The number of hydrogen-bond donors (Lipinski definition) is 7. The number of nitrogens with one attached hydrogen (secondary N) is 2. The first kappa shape index (κ1) is 37.7. The second-order valence-corrected chi connectivity index (χ2v) is 11.8. The summed E-state index contributed by atoms with van der Waals surface area (Å²) in [5, 5.41) is 26.6. The fraction of sp³-hybridized carbons (Fsp3) is 0.556. The van der Waals surface area contributed by atoms with E-state index in [1.54, 1.807) is 17.0 Å². The lowest BCUT2D eigenvalue weighted by molar-refractivity contribution is -0.282. The summed E-state index contributed by atoms with van der Waals surface area (Å²) in [7, 11) is -6.20.